The second kappa shape index (κ2) is 11.1. The highest BCUT2D eigenvalue weighted by molar-refractivity contribution is 5.81. The summed E-state index contributed by atoms with van der Waals surface area (Å²) in [6.07, 6.45) is 20.8. The maximum Gasteiger partial charge on any atom is 0.227 e. The van der Waals surface area contributed by atoms with Crippen molar-refractivity contribution in [3.8, 4) is 0 Å². The Hall–Kier alpha value is -3.25. The number of rotatable bonds is 9. The number of aromatic nitrogens is 2. The van der Waals surface area contributed by atoms with E-state index in [1.54, 1.807) is 18.5 Å². The molecule has 1 aromatic carbocycles. The Balaban J connectivity index is 1.40. The summed E-state index contributed by atoms with van der Waals surface area (Å²) in [5.41, 5.74) is 3.20. The van der Waals surface area contributed by atoms with Crippen LogP contribution in [0.1, 0.15) is 43.5 Å². The van der Waals surface area contributed by atoms with Crippen molar-refractivity contribution in [3.63, 3.8) is 0 Å². The molecule has 2 N–H and O–H groups in total. The van der Waals surface area contributed by atoms with Crippen molar-refractivity contribution < 1.29 is 9.18 Å². The highest BCUT2D eigenvalue weighted by Gasteiger charge is 2.22. The lowest BCUT2D eigenvalue weighted by Gasteiger charge is -2.25. The van der Waals surface area contributed by atoms with Gasteiger partial charge in [0.15, 0.2) is 0 Å². The lowest BCUT2D eigenvalue weighted by atomic mass is 9.96. The third-order valence-corrected chi connectivity index (χ3v) is 6.23. The Kier molecular flexibility index (Phi) is 7.68. The number of nitrogens with zero attached hydrogens (tertiary/aromatic N) is 2. The van der Waals surface area contributed by atoms with Crippen LogP contribution in [-0.2, 0) is 11.3 Å². The van der Waals surface area contributed by atoms with E-state index in [-0.39, 0.29) is 29.7 Å². The Morgan fingerprint density at radius 1 is 1.21 bits per heavy atom. The molecule has 4 rings (SSSR count). The largest absolute Gasteiger partial charge is 0.347 e. The van der Waals surface area contributed by atoms with E-state index in [4.69, 9.17) is 0 Å². The zero-order chi connectivity index (χ0) is 23.0. The predicted octanol–water partition coefficient (Wildman–Crippen LogP) is 4.61. The van der Waals surface area contributed by atoms with Crippen molar-refractivity contribution in [2.75, 3.05) is 6.54 Å². The molecule has 3 atom stereocenters. The lowest BCUT2D eigenvalue weighted by Crippen LogP contribution is -2.45. The van der Waals surface area contributed by atoms with Gasteiger partial charge < -0.3 is 15.2 Å². The second-order valence-electron chi connectivity index (χ2n) is 8.55. The van der Waals surface area contributed by atoms with E-state index in [9.17, 15) is 9.18 Å². The van der Waals surface area contributed by atoms with E-state index in [1.165, 1.54) is 12.1 Å². The van der Waals surface area contributed by atoms with E-state index in [2.05, 4.69) is 45.3 Å². The summed E-state index contributed by atoms with van der Waals surface area (Å²) >= 11 is 0. The average Bonchev–Trinajstić information content (AvgIpc) is 3.33. The van der Waals surface area contributed by atoms with Crippen LogP contribution in [0.4, 0.5) is 4.39 Å². The standard InChI is InChI=1S/C27H31FN4O/c1-20(21-12-14-24(28)15-13-21)32-19-30-17-25(32)16-29-18-26(22-8-4-2-5-9-22)31-27(33)23-10-6-3-7-11-23/h3-4,6-10,12-15,17,19-20,23,26,29H,2,5,11,16,18H2,1H3,(H,31,33). The molecule has 0 aliphatic heterocycles. The molecule has 3 unspecified atom stereocenters. The van der Waals surface area contributed by atoms with Crippen molar-refractivity contribution in [1.82, 2.24) is 20.2 Å². The number of benzene rings is 1. The summed E-state index contributed by atoms with van der Waals surface area (Å²) in [7, 11) is 0. The fourth-order valence-electron chi connectivity index (χ4n) is 4.26. The van der Waals surface area contributed by atoms with Crippen LogP contribution < -0.4 is 10.6 Å². The van der Waals surface area contributed by atoms with Crippen molar-refractivity contribution in [2.24, 2.45) is 5.92 Å². The van der Waals surface area contributed by atoms with E-state index in [1.807, 2.05) is 30.5 Å². The summed E-state index contributed by atoms with van der Waals surface area (Å²) in [4.78, 5) is 17.2. The summed E-state index contributed by atoms with van der Waals surface area (Å²) in [6, 6.07) is 6.52. The van der Waals surface area contributed by atoms with Gasteiger partial charge in [-0.15, -0.1) is 0 Å². The monoisotopic (exact) mass is 446 g/mol. The summed E-state index contributed by atoms with van der Waals surface area (Å²) in [5, 5.41) is 6.75. The topological polar surface area (TPSA) is 59.0 Å². The minimum atomic E-state index is -0.239. The van der Waals surface area contributed by atoms with Crippen LogP contribution in [0.3, 0.4) is 0 Å². The molecular weight excluding hydrogens is 415 g/mol. The third kappa shape index (κ3) is 5.96. The smallest absolute Gasteiger partial charge is 0.227 e. The predicted molar refractivity (Wildman–Crippen MR) is 129 cm³/mol. The molecule has 2 aliphatic carbocycles. The van der Waals surface area contributed by atoms with Crippen LogP contribution in [-0.4, -0.2) is 28.0 Å². The lowest BCUT2D eigenvalue weighted by molar-refractivity contribution is -0.124. The first-order chi connectivity index (χ1) is 16.1. The zero-order valence-electron chi connectivity index (χ0n) is 19.0. The fraction of sp³-hybridized carbons (Fsp3) is 0.333. The first kappa shape index (κ1) is 22.9. The molecule has 0 saturated heterocycles. The maximum absolute atomic E-state index is 13.3. The van der Waals surface area contributed by atoms with Gasteiger partial charge in [-0.25, -0.2) is 9.37 Å². The Labute approximate surface area is 194 Å². The van der Waals surface area contributed by atoms with E-state index < -0.39 is 0 Å². The number of carbonyl (C=O) groups excluding carboxylic acids is 1. The number of hydrogen-bond donors (Lipinski definition) is 2. The van der Waals surface area contributed by atoms with Crippen LogP contribution in [0.25, 0.3) is 0 Å². The van der Waals surface area contributed by atoms with Crippen molar-refractivity contribution in [1.29, 1.82) is 0 Å². The minimum Gasteiger partial charge on any atom is -0.347 e. The van der Waals surface area contributed by atoms with Crippen LogP contribution in [0.5, 0.6) is 0 Å². The number of halogens is 1. The molecule has 0 saturated carbocycles. The van der Waals surface area contributed by atoms with E-state index in [0.717, 1.165) is 36.1 Å². The molecule has 33 heavy (non-hydrogen) atoms. The van der Waals surface area contributed by atoms with Gasteiger partial charge in [0.1, 0.15) is 5.82 Å². The normalized spacial score (nSPS) is 19.2. The summed E-state index contributed by atoms with van der Waals surface area (Å²) in [6.45, 7) is 3.30. The van der Waals surface area contributed by atoms with E-state index >= 15 is 0 Å². The Bertz CT molecular complexity index is 1060. The van der Waals surface area contributed by atoms with E-state index in [0.29, 0.717) is 13.1 Å². The fourth-order valence-corrected chi connectivity index (χ4v) is 4.26. The molecule has 5 nitrogen and oxygen atoms in total. The van der Waals surface area contributed by atoms with Gasteiger partial charge in [-0.3, -0.25) is 4.79 Å². The number of allylic oxidation sites excluding steroid dienone is 5. The molecular formula is C27H31FN4O. The Morgan fingerprint density at radius 3 is 2.79 bits per heavy atom. The zero-order valence-corrected chi connectivity index (χ0v) is 19.0. The van der Waals surface area contributed by atoms with Crippen molar-refractivity contribution in [3.05, 3.63) is 102 Å². The van der Waals surface area contributed by atoms with Crippen LogP contribution >= 0.6 is 0 Å². The maximum atomic E-state index is 13.3. The van der Waals surface area contributed by atoms with Gasteiger partial charge in [-0.2, -0.15) is 0 Å². The molecule has 0 spiro atoms. The number of hydrogen-bond acceptors (Lipinski definition) is 3. The number of amides is 1. The van der Waals surface area contributed by atoms with Crippen molar-refractivity contribution in [2.45, 2.75) is 44.8 Å². The summed E-state index contributed by atoms with van der Waals surface area (Å²) < 4.78 is 15.4. The van der Waals surface area contributed by atoms with Gasteiger partial charge in [0.05, 0.1) is 30.0 Å². The number of carbonyl (C=O) groups is 1. The molecule has 0 fully saturated rings. The molecule has 2 aromatic rings. The number of nitrogens with one attached hydrogen (secondary N) is 2. The molecule has 172 valence electrons. The molecule has 2 aliphatic rings. The quantitative estimate of drug-likeness (QED) is 0.591. The van der Waals surface area contributed by atoms with Gasteiger partial charge in [-0.05, 0) is 49.5 Å². The second-order valence-corrected chi connectivity index (χ2v) is 8.55. The van der Waals surface area contributed by atoms with Gasteiger partial charge >= 0.3 is 0 Å². The van der Waals surface area contributed by atoms with Crippen molar-refractivity contribution >= 4 is 5.91 Å². The first-order valence-electron chi connectivity index (χ1n) is 11.6. The number of imidazole rings is 1. The minimum absolute atomic E-state index is 0.0375. The molecule has 0 radical (unpaired) electrons. The van der Waals surface area contributed by atoms with Crippen LogP contribution in [0.15, 0.2) is 84.9 Å². The summed E-state index contributed by atoms with van der Waals surface area (Å²) in [5.74, 6) is -0.307. The van der Waals surface area contributed by atoms with Crippen LogP contribution in [0, 0.1) is 11.7 Å². The van der Waals surface area contributed by atoms with Gasteiger partial charge in [0.2, 0.25) is 5.91 Å². The molecule has 6 heteroatoms. The average molecular weight is 447 g/mol. The van der Waals surface area contributed by atoms with Gasteiger partial charge in [-0.1, -0.05) is 54.7 Å². The highest BCUT2D eigenvalue weighted by atomic mass is 19.1. The molecule has 1 aromatic heterocycles. The van der Waals surface area contributed by atoms with Gasteiger partial charge in [0.25, 0.3) is 0 Å². The van der Waals surface area contributed by atoms with Crippen LogP contribution in [0.2, 0.25) is 0 Å². The third-order valence-electron chi connectivity index (χ3n) is 6.23. The molecule has 1 heterocycles. The molecule has 0 bridgehead atoms. The Morgan fingerprint density at radius 2 is 2.06 bits per heavy atom. The first-order valence-corrected chi connectivity index (χ1v) is 11.6. The molecule has 1 amide bonds. The highest BCUT2D eigenvalue weighted by Crippen LogP contribution is 2.20. The van der Waals surface area contributed by atoms with Gasteiger partial charge in [0, 0.05) is 19.3 Å². The SMILES string of the molecule is CC(c1ccc(F)cc1)n1cncc1CNCC(NC(=O)C1C=CC=CC1)C1=CCCC=C1.